The van der Waals surface area contributed by atoms with Crippen LogP contribution in [0.15, 0.2) is 18.2 Å². The number of aliphatic hydroxyl groups is 1. The number of carbonyl (C=O) groups is 1. The van der Waals surface area contributed by atoms with Crippen LogP contribution in [0.1, 0.15) is 43.7 Å². The van der Waals surface area contributed by atoms with Crippen LogP contribution in [0.3, 0.4) is 0 Å². The normalized spacial score (nSPS) is 12.3. The third-order valence-electron chi connectivity index (χ3n) is 4.77. The maximum absolute atomic E-state index is 12.1. The van der Waals surface area contributed by atoms with Crippen LogP contribution in [-0.4, -0.2) is 52.7 Å². The highest BCUT2D eigenvalue weighted by Crippen LogP contribution is 2.29. The van der Waals surface area contributed by atoms with Gasteiger partial charge in [0.1, 0.15) is 18.5 Å². The lowest BCUT2D eigenvalue weighted by Crippen LogP contribution is -2.35. The molecule has 0 aliphatic heterocycles. The number of hydrogen-bond acceptors (Lipinski definition) is 4. The Hall–Kier alpha value is -1.56. The second-order valence-corrected chi connectivity index (χ2v) is 6.39. The summed E-state index contributed by atoms with van der Waals surface area (Å²) in [5, 5.41) is 11.1. The Morgan fingerprint density at radius 2 is 1.92 bits per heavy atom. The largest absolute Gasteiger partial charge is 0.491 e. The first-order chi connectivity index (χ1) is 11.9. The molecule has 1 aromatic heterocycles. The molecule has 2 rings (SSSR count). The summed E-state index contributed by atoms with van der Waals surface area (Å²) < 4.78 is 7.93. The first-order valence-corrected chi connectivity index (χ1v) is 9.09. The highest BCUT2D eigenvalue weighted by atomic mass is 35.5. The molecule has 0 bridgehead atoms. The highest BCUT2D eigenvalue weighted by Gasteiger charge is 2.17. The van der Waals surface area contributed by atoms with Gasteiger partial charge in [0, 0.05) is 35.2 Å². The van der Waals surface area contributed by atoms with Gasteiger partial charge in [0.2, 0.25) is 0 Å². The Balaban J connectivity index is 0.00000338. The fourth-order valence-corrected chi connectivity index (χ4v) is 3.43. The summed E-state index contributed by atoms with van der Waals surface area (Å²) in [5.74, 6) is 0.746. The highest BCUT2D eigenvalue weighted by molar-refractivity contribution is 6.08. The number of hydrogen-bond donors (Lipinski definition) is 1. The fourth-order valence-electron chi connectivity index (χ4n) is 3.43. The Morgan fingerprint density at radius 3 is 2.46 bits per heavy atom. The lowest BCUT2D eigenvalue weighted by molar-refractivity contribution is 0.0717. The van der Waals surface area contributed by atoms with Crippen molar-refractivity contribution in [3.63, 3.8) is 0 Å². The van der Waals surface area contributed by atoms with Crippen LogP contribution in [0.4, 0.5) is 0 Å². The number of nitrogens with zero attached hydrogens (tertiary/aromatic N) is 2. The number of ketones is 1. The molecule has 0 radical (unpaired) electrons. The van der Waals surface area contributed by atoms with Crippen LogP contribution in [0.25, 0.3) is 10.9 Å². The first kappa shape index (κ1) is 22.5. The molecule has 1 N–H and O–H groups in total. The molecule has 0 aliphatic carbocycles. The van der Waals surface area contributed by atoms with Crippen LogP contribution in [0, 0.1) is 6.92 Å². The Bertz CT molecular complexity index is 738. The van der Waals surface area contributed by atoms with Gasteiger partial charge in [-0.1, -0.05) is 13.8 Å². The maximum atomic E-state index is 12.1. The summed E-state index contributed by atoms with van der Waals surface area (Å²) in [5.41, 5.74) is 2.79. The average Bonchev–Trinajstić information content (AvgIpc) is 2.88. The third kappa shape index (κ3) is 4.78. The van der Waals surface area contributed by atoms with Gasteiger partial charge < -0.3 is 19.3 Å². The van der Waals surface area contributed by atoms with E-state index in [4.69, 9.17) is 4.74 Å². The minimum absolute atomic E-state index is 0. The molecule has 0 spiro atoms. The van der Waals surface area contributed by atoms with E-state index in [1.807, 2.05) is 25.1 Å². The number of likely N-dealkylation sites (N-methyl/N-ethyl adjacent to an activating group) is 1. The van der Waals surface area contributed by atoms with Crippen LogP contribution >= 0.6 is 12.4 Å². The molecule has 6 heteroatoms. The van der Waals surface area contributed by atoms with Crippen LogP contribution < -0.4 is 4.74 Å². The van der Waals surface area contributed by atoms with Crippen molar-refractivity contribution in [3.05, 3.63) is 29.5 Å². The van der Waals surface area contributed by atoms with E-state index >= 15 is 0 Å². The molecule has 0 saturated heterocycles. The fraction of sp³-hybridized carbons (Fsp3) is 0.550. The van der Waals surface area contributed by atoms with Crippen molar-refractivity contribution in [1.29, 1.82) is 0 Å². The number of benzene rings is 1. The topological polar surface area (TPSA) is 54.7 Å². The zero-order valence-electron chi connectivity index (χ0n) is 16.4. The molecule has 1 unspecified atom stereocenters. The SMILES string of the molecule is CCN(CC)CC(O)COc1ccc2c(c1)c(C(C)=O)c(C)n2CC.Cl. The van der Waals surface area contributed by atoms with E-state index in [1.165, 1.54) is 0 Å². The minimum atomic E-state index is -0.537. The molecule has 0 aliphatic rings. The van der Waals surface area contributed by atoms with E-state index in [0.717, 1.165) is 41.8 Å². The van der Waals surface area contributed by atoms with Gasteiger partial charge in [-0.3, -0.25) is 4.79 Å². The van der Waals surface area contributed by atoms with E-state index in [0.29, 0.717) is 12.3 Å². The van der Waals surface area contributed by atoms with Crippen molar-refractivity contribution in [2.24, 2.45) is 0 Å². The van der Waals surface area contributed by atoms with Crippen LogP contribution in [0.2, 0.25) is 0 Å². The first-order valence-electron chi connectivity index (χ1n) is 9.09. The van der Waals surface area contributed by atoms with E-state index in [1.54, 1.807) is 6.92 Å². The Morgan fingerprint density at radius 1 is 1.27 bits per heavy atom. The maximum Gasteiger partial charge on any atom is 0.162 e. The van der Waals surface area contributed by atoms with Gasteiger partial charge >= 0.3 is 0 Å². The quantitative estimate of drug-likeness (QED) is 0.672. The second kappa shape index (κ2) is 9.95. The molecule has 2 aromatic rings. The molecule has 26 heavy (non-hydrogen) atoms. The van der Waals surface area contributed by atoms with Crippen molar-refractivity contribution in [1.82, 2.24) is 9.47 Å². The van der Waals surface area contributed by atoms with E-state index in [2.05, 4.69) is 30.2 Å². The zero-order chi connectivity index (χ0) is 18.6. The van der Waals surface area contributed by atoms with Gasteiger partial charge in [-0.2, -0.15) is 0 Å². The van der Waals surface area contributed by atoms with E-state index in [-0.39, 0.29) is 24.8 Å². The summed E-state index contributed by atoms with van der Waals surface area (Å²) in [6.07, 6.45) is -0.537. The number of aryl methyl sites for hydroxylation is 1. The van der Waals surface area contributed by atoms with Crippen molar-refractivity contribution >= 4 is 29.1 Å². The molecular weight excluding hydrogens is 352 g/mol. The Labute approximate surface area is 162 Å². The monoisotopic (exact) mass is 382 g/mol. The van der Waals surface area contributed by atoms with Gasteiger partial charge in [-0.25, -0.2) is 0 Å². The van der Waals surface area contributed by atoms with Crippen LogP contribution in [0.5, 0.6) is 5.75 Å². The van der Waals surface area contributed by atoms with Gasteiger partial charge in [0.05, 0.1) is 0 Å². The average molecular weight is 383 g/mol. The van der Waals surface area contributed by atoms with Gasteiger partial charge in [0.25, 0.3) is 0 Å². The second-order valence-electron chi connectivity index (χ2n) is 6.39. The zero-order valence-corrected chi connectivity index (χ0v) is 17.2. The molecule has 0 fully saturated rings. The number of fused-ring (bicyclic) bond motifs is 1. The minimum Gasteiger partial charge on any atom is -0.491 e. The van der Waals surface area contributed by atoms with E-state index in [9.17, 15) is 9.90 Å². The number of aliphatic hydroxyl groups excluding tert-OH is 1. The van der Waals surface area contributed by atoms with Crippen molar-refractivity contribution < 1.29 is 14.6 Å². The summed E-state index contributed by atoms with van der Waals surface area (Å²) in [4.78, 5) is 14.2. The van der Waals surface area contributed by atoms with Gasteiger partial charge in [-0.15, -0.1) is 12.4 Å². The Kier molecular flexibility index (Phi) is 8.60. The number of ether oxygens (including phenoxy) is 1. The van der Waals surface area contributed by atoms with Crippen LogP contribution in [-0.2, 0) is 6.54 Å². The standard InChI is InChI=1S/C20H30N2O3.ClH/c1-6-21(7-2)12-16(24)13-25-17-9-10-19-18(11-17)20(15(5)23)14(4)22(19)8-3;/h9-11,16,24H,6-8,12-13H2,1-5H3;1H. The van der Waals surface area contributed by atoms with Crippen molar-refractivity contribution in [2.45, 2.75) is 47.3 Å². The molecular formula is C20H31ClN2O3. The summed E-state index contributed by atoms with van der Waals surface area (Å²) in [6, 6.07) is 5.81. The summed E-state index contributed by atoms with van der Waals surface area (Å²) in [7, 11) is 0. The van der Waals surface area contributed by atoms with Crippen molar-refractivity contribution in [3.8, 4) is 5.75 Å². The van der Waals surface area contributed by atoms with Crippen molar-refractivity contribution in [2.75, 3.05) is 26.2 Å². The molecule has 1 heterocycles. The summed E-state index contributed by atoms with van der Waals surface area (Å²) >= 11 is 0. The van der Waals surface area contributed by atoms with E-state index < -0.39 is 6.10 Å². The number of halogens is 1. The molecule has 0 amide bonds. The smallest absolute Gasteiger partial charge is 0.162 e. The lowest BCUT2D eigenvalue weighted by Gasteiger charge is -2.21. The lowest BCUT2D eigenvalue weighted by atomic mass is 10.1. The predicted octanol–water partition coefficient (Wildman–Crippen LogP) is 3.68. The number of carbonyl (C=O) groups excluding carboxylic acids is 1. The van der Waals surface area contributed by atoms with Gasteiger partial charge in [0.15, 0.2) is 5.78 Å². The third-order valence-corrected chi connectivity index (χ3v) is 4.77. The number of aromatic nitrogens is 1. The molecule has 1 aromatic carbocycles. The summed E-state index contributed by atoms with van der Waals surface area (Å²) in [6.45, 7) is 13.3. The molecule has 1 atom stereocenters. The van der Waals surface area contributed by atoms with Gasteiger partial charge in [-0.05, 0) is 52.1 Å². The number of Topliss-reactive ketones (excluding diaryl/α,β-unsaturated/α-hetero) is 1. The molecule has 5 nitrogen and oxygen atoms in total. The number of rotatable bonds is 9. The molecule has 0 saturated carbocycles. The molecule has 146 valence electrons. The predicted molar refractivity (Wildman–Crippen MR) is 109 cm³/mol.